The summed E-state index contributed by atoms with van der Waals surface area (Å²) in [6, 6.07) is 14.9. The van der Waals surface area contributed by atoms with Gasteiger partial charge in [-0.3, -0.25) is 14.4 Å². The Hall–Kier alpha value is -3.75. The number of ether oxygens (including phenoxy) is 1. The molecule has 1 spiro atoms. The number of anilines is 1. The van der Waals surface area contributed by atoms with Crippen molar-refractivity contribution < 1.29 is 24.2 Å². The maximum atomic E-state index is 14.7. The molecule has 2 saturated heterocycles. The van der Waals surface area contributed by atoms with Crippen LogP contribution >= 0.6 is 0 Å². The predicted octanol–water partition coefficient (Wildman–Crippen LogP) is 3.94. The standard InChI is InChI=1S/C35H41N3O5/c1-24-13-10-14-25(2)30(24)37-21-12-18-35-29(33(41)38(31(35)34(37)42)20-8-3-4-9-22-39)28-27(43-35)17-11-19-36(32(28)40)23-26-15-6-5-7-16-26/h5-7,10-18,27-29,31,39H,3-4,8-9,19-23H2,1-2H3/t27-,28+,29+,31?,35+/m1/s1. The number of carbonyl (C=O) groups is 3. The van der Waals surface area contributed by atoms with E-state index < -0.39 is 29.6 Å². The zero-order valence-electron chi connectivity index (χ0n) is 25.0. The molecule has 4 aliphatic rings. The van der Waals surface area contributed by atoms with Crippen LogP contribution in [0, 0.1) is 25.7 Å². The first-order chi connectivity index (χ1) is 20.9. The van der Waals surface area contributed by atoms with Gasteiger partial charge in [0.1, 0.15) is 11.6 Å². The molecule has 2 aromatic rings. The van der Waals surface area contributed by atoms with E-state index in [9.17, 15) is 19.5 Å². The Kier molecular flexibility index (Phi) is 8.25. The van der Waals surface area contributed by atoms with Crippen LogP contribution in [0.25, 0.3) is 0 Å². The third-order valence-electron chi connectivity index (χ3n) is 9.47. The summed E-state index contributed by atoms with van der Waals surface area (Å²) in [7, 11) is 0. The normalized spacial score (nSPS) is 28.2. The molecule has 43 heavy (non-hydrogen) atoms. The van der Waals surface area contributed by atoms with Crippen LogP contribution < -0.4 is 4.90 Å². The lowest BCUT2D eigenvalue weighted by atomic mass is 9.77. The number of fused-ring (bicyclic) bond motifs is 2. The molecule has 5 atom stereocenters. The van der Waals surface area contributed by atoms with Gasteiger partial charge in [0.05, 0.1) is 17.9 Å². The lowest BCUT2D eigenvalue weighted by molar-refractivity contribution is -0.144. The number of amides is 3. The molecule has 1 N–H and O–H groups in total. The van der Waals surface area contributed by atoms with E-state index in [0.717, 1.165) is 35.2 Å². The maximum Gasteiger partial charge on any atom is 0.253 e. The molecule has 0 aliphatic carbocycles. The highest BCUT2D eigenvalue weighted by molar-refractivity contribution is 6.06. The second-order valence-corrected chi connectivity index (χ2v) is 12.2. The number of aryl methyl sites for hydroxylation is 2. The lowest BCUT2D eigenvalue weighted by Gasteiger charge is -2.36. The molecule has 0 aromatic heterocycles. The number of unbranched alkanes of at least 4 members (excludes halogenated alkanes) is 3. The van der Waals surface area contributed by atoms with E-state index in [1.165, 1.54) is 0 Å². The van der Waals surface area contributed by atoms with E-state index in [4.69, 9.17) is 4.74 Å². The smallest absolute Gasteiger partial charge is 0.253 e. The van der Waals surface area contributed by atoms with E-state index in [2.05, 4.69) is 0 Å². The van der Waals surface area contributed by atoms with Gasteiger partial charge in [0.15, 0.2) is 0 Å². The lowest BCUT2D eigenvalue weighted by Crippen LogP contribution is -2.55. The topological polar surface area (TPSA) is 90.4 Å². The molecular formula is C35H41N3O5. The molecule has 4 heterocycles. The largest absolute Gasteiger partial charge is 0.396 e. The average molecular weight is 584 g/mol. The number of likely N-dealkylation sites (tertiary alicyclic amines) is 1. The van der Waals surface area contributed by atoms with Crippen molar-refractivity contribution in [1.82, 2.24) is 9.80 Å². The average Bonchev–Trinajstić information content (AvgIpc) is 3.31. The molecule has 0 saturated carbocycles. The fourth-order valence-corrected chi connectivity index (χ4v) is 7.55. The van der Waals surface area contributed by atoms with Crippen molar-refractivity contribution in [3.05, 3.63) is 89.5 Å². The van der Waals surface area contributed by atoms with Crippen molar-refractivity contribution in [3.63, 3.8) is 0 Å². The van der Waals surface area contributed by atoms with E-state index in [-0.39, 0.29) is 24.3 Å². The Morgan fingerprint density at radius 2 is 1.60 bits per heavy atom. The molecule has 0 bridgehead atoms. The second-order valence-electron chi connectivity index (χ2n) is 12.2. The Morgan fingerprint density at radius 3 is 2.35 bits per heavy atom. The van der Waals surface area contributed by atoms with Crippen LogP contribution in [0.1, 0.15) is 42.4 Å². The molecule has 226 valence electrons. The summed E-state index contributed by atoms with van der Waals surface area (Å²) in [5, 5.41) is 9.22. The van der Waals surface area contributed by atoms with Crippen molar-refractivity contribution in [3.8, 4) is 0 Å². The van der Waals surface area contributed by atoms with Crippen molar-refractivity contribution in [1.29, 1.82) is 0 Å². The molecular weight excluding hydrogens is 542 g/mol. The molecule has 8 nitrogen and oxygen atoms in total. The van der Waals surface area contributed by atoms with Crippen molar-refractivity contribution in [2.75, 3.05) is 31.1 Å². The Labute approximate surface area is 253 Å². The van der Waals surface area contributed by atoms with Gasteiger partial charge in [-0.05, 0) is 43.4 Å². The van der Waals surface area contributed by atoms with Crippen molar-refractivity contribution in [2.45, 2.75) is 63.8 Å². The number of para-hydroxylation sites is 1. The van der Waals surface area contributed by atoms with Crippen LogP contribution in [0.15, 0.2) is 72.8 Å². The SMILES string of the molecule is Cc1cccc(C)c1N1CC=C[C@]23O[C@@H]4C=CCN(Cc5ccccc5)C(=O)[C@@H]4[C@H]2C(=O)N(CCCCCCO)C3C1=O. The Balaban J connectivity index is 1.38. The molecule has 0 radical (unpaired) electrons. The molecule has 1 unspecified atom stereocenters. The minimum absolute atomic E-state index is 0.116. The maximum absolute atomic E-state index is 14.7. The zero-order valence-corrected chi connectivity index (χ0v) is 25.0. The molecule has 6 rings (SSSR count). The van der Waals surface area contributed by atoms with Gasteiger partial charge >= 0.3 is 0 Å². The first kappa shape index (κ1) is 29.3. The van der Waals surface area contributed by atoms with E-state index in [1.807, 2.05) is 86.7 Å². The fourth-order valence-electron chi connectivity index (χ4n) is 7.55. The number of hydrogen-bond donors (Lipinski definition) is 1. The van der Waals surface area contributed by atoms with Gasteiger partial charge in [-0.2, -0.15) is 0 Å². The summed E-state index contributed by atoms with van der Waals surface area (Å²) in [5.41, 5.74) is 2.61. The predicted molar refractivity (Wildman–Crippen MR) is 164 cm³/mol. The molecule has 2 aromatic carbocycles. The molecule has 8 heteroatoms. The van der Waals surface area contributed by atoms with Gasteiger partial charge in [-0.1, -0.05) is 85.7 Å². The van der Waals surface area contributed by atoms with Gasteiger partial charge in [-0.25, -0.2) is 0 Å². The summed E-state index contributed by atoms with van der Waals surface area (Å²) in [5.74, 6) is -2.01. The Bertz CT molecular complexity index is 1420. The highest BCUT2D eigenvalue weighted by Crippen LogP contribution is 2.54. The second kappa shape index (κ2) is 12.1. The summed E-state index contributed by atoms with van der Waals surface area (Å²) in [6.07, 6.45) is 10.2. The third kappa shape index (κ3) is 5.10. The summed E-state index contributed by atoms with van der Waals surface area (Å²) < 4.78 is 6.81. The number of aliphatic hydroxyl groups excluding tert-OH is 1. The summed E-state index contributed by atoms with van der Waals surface area (Å²) >= 11 is 0. The quantitative estimate of drug-likeness (QED) is 0.357. The number of hydrogen-bond acceptors (Lipinski definition) is 5. The fraction of sp³-hybridized carbons (Fsp3) is 0.457. The summed E-state index contributed by atoms with van der Waals surface area (Å²) in [6.45, 7) is 5.76. The minimum Gasteiger partial charge on any atom is -0.396 e. The van der Waals surface area contributed by atoms with Gasteiger partial charge in [0, 0.05) is 38.5 Å². The van der Waals surface area contributed by atoms with E-state index >= 15 is 0 Å². The number of benzene rings is 2. The molecule has 4 aliphatic heterocycles. The van der Waals surface area contributed by atoms with Crippen LogP contribution in [0.3, 0.4) is 0 Å². The van der Waals surface area contributed by atoms with Gasteiger partial charge < -0.3 is 24.5 Å². The van der Waals surface area contributed by atoms with Crippen molar-refractivity contribution >= 4 is 23.4 Å². The minimum atomic E-state index is -1.24. The first-order valence-electron chi connectivity index (χ1n) is 15.5. The molecule has 3 amide bonds. The zero-order chi connectivity index (χ0) is 30.1. The number of nitrogens with zero attached hydrogens (tertiary/aromatic N) is 3. The van der Waals surface area contributed by atoms with Crippen LogP contribution in [0.2, 0.25) is 0 Å². The van der Waals surface area contributed by atoms with Crippen molar-refractivity contribution in [2.24, 2.45) is 11.8 Å². The first-order valence-corrected chi connectivity index (χ1v) is 15.5. The van der Waals surface area contributed by atoms with Crippen LogP contribution in [-0.4, -0.2) is 76.6 Å². The van der Waals surface area contributed by atoms with Gasteiger partial charge in [0.2, 0.25) is 11.8 Å². The van der Waals surface area contributed by atoms with Crippen LogP contribution in [0.4, 0.5) is 5.69 Å². The van der Waals surface area contributed by atoms with Crippen LogP contribution in [0.5, 0.6) is 0 Å². The monoisotopic (exact) mass is 583 g/mol. The third-order valence-corrected chi connectivity index (χ3v) is 9.47. The highest BCUT2D eigenvalue weighted by Gasteiger charge is 2.71. The number of aliphatic hydroxyl groups is 1. The van der Waals surface area contributed by atoms with Gasteiger partial charge in [-0.15, -0.1) is 0 Å². The van der Waals surface area contributed by atoms with E-state index in [0.29, 0.717) is 39.0 Å². The van der Waals surface area contributed by atoms with Gasteiger partial charge in [0.25, 0.3) is 5.91 Å². The van der Waals surface area contributed by atoms with Crippen LogP contribution in [-0.2, 0) is 25.7 Å². The summed E-state index contributed by atoms with van der Waals surface area (Å²) in [4.78, 5) is 48.7. The molecule has 2 fully saturated rings. The Morgan fingerprint density at radius 1 is 0.860 bits per heavy atom. The van der Waals surface area contributed by atoms with E-state index in [1.54, 1.807) is 14.7 Å². The highest BCUT2D eigenvalue weighted by atomic mass is 16.5. The number of carbonyl (C=O) groups excluding carboxylic acids is 3. The number of rotatable bonds is 9.